The number of hydrogen-bond acceptors (Lipinski definition) is 6. The number of nitrogens with zero attached hydrogens (tertiary/aromatic N) is 3. The molecule has 0 saturated heterocycles. The zero-order valence-electron chi connectivity index (χ0n) is 16.8. The molecule has 6 nitrogen and oxygen atoms in total. The van der Waals surface area contributed by atoms with Crippen molar-refractivity contribution in [2.75, 3.05) is 5.32 Å². The maximum atomic E-state index is 12.5. The zero-order chi connectivity index (χ0) is 22.2. The van der Waals surface area contributed by atoms with E-state index in [1.54, 1.807) is 12.1 Å². The van der Waals surface area contributed by atoms with Crippen LogP contribution in [0.5, 0.6) is 5.75 Å². The predicted molar refractivity (Wildman–Crippen MR) is 114 cm³/mol. The second-order valence-corrected chi connectivity index (χ2v) is 7.91. The van der Waals surface area contributed by atoms with Crippen molar-refractivity contribution in [3.05, 3.63) is 42.0 Å². The monoisotopic (exact) mass is 448 g/mol. The number of imidazole rings is 1. The average Bonchev–Trinajstić information content (AvgIpc) is 3.25. The number of fused-ring (bicyclic) bond motifs is 2. The highest BCUT2D eigenvalue weighted by molar-refractivity contribution is 7.22. The first-order chi connectivity index (χ1) is 14.8. The fourth-order valence-electron chi connectivity index (χ4n) is 3.34. The van der Waals surface area contributed by atoms with E-state index in [2.05, 4.69) is 20.0 Å². The smallest absolute Gasteiger partial charge is 0.406 e. The molecule has 0 aliphatic carbocycles. The molecule has 1 N–H and O–H groups in total. The Morgan fingerprint density at radius 3 is 2.65 bits per heavy atom. The minimum atomic E-state index is -4.75. The van der Waals surface area contributed by atoms with Crippen LogP contribution in [-0.4, -0.2) is 26.7 Å². The molecule has 4 rings (SSSR count). The summed E-state index contributed by atoms with van der Waals surface area (Å²) in [7, 11) is 0. The standard InChI is InChI=1S/C21H19F3N4O2S/c1-3-5-17(29)12-6-9-16-15(10-12)25-19(28(16)4-2)27-20-26-14-8-7-13(11-18(14)31-20)30-21(22,23)24/h6-11H,3-5H2,1-2H3,(H,25,26,27). The highest BCUT2D eigenvalue weighted by Crippen LogP contribution is 2.33. The van der Waals surface area contributed by atoms with Gasteiger partial charge in [-0.15, -0.1) is 13.2 Å². The number of aromatic nitrogens is 3. The summed E-state index contributed by atoms with van der Waals surface area (Å²) in [5.74, 6) is 0.330. The Bertz CT molecular complexity index is 1260. The van der Waals surface area contributed by atoms with Gasteiger partial charge in [0, 0.05) is 24.6 Å². The van der Waals surface area contributed by atoms with Crippen LogP contribution in [-0.2, 0) is 6.54 Å². The van der Waals surface area contributed by atoms with Crippen molar-refractivity contribution < 1.29 is 22.7 Å². The van der Waals surface area contributed by atoms with Crippen LogP contribution in [0.4, 0.5) is 24.3 Å². The number of thiazole rings is 1. The number of ether oxygens (including phenoxy) is 1. The van der Waals surface area contributed by atoms with Gasteiger partial charge in [-0.1, -0.05) is 18.3 Å². The third-order valence-corrected chi connectivity index (χ3v) is 5.61. The van der Waals surface area contributed by atoms with Crippen LogP contribution in [0.15, 0.2) is 36.4 Å². The third-order valence-electron chi connectivity index (χ3n) is 4.68. The van der Waals surface area contributed by atoms with Crippen LogP contribution in [0.3, 0.4) is 0 Å². The van der Waals surface area contributed by atoms with E-state index in [-0.39, 0.29) is 11.5 Å². The lowest BCUT2D eigenvalue weighted by atomic mass is 10.1. The van der Waals surface area contributed by atoms with Gasteiger partial charge in [-0.2, -0.15) is 0 Å². The van der Waals surface area contributed by atoms with Crippen LogP contribution in [0.1, 0.15) is 37.0 Å². The Kier molecular flexibility index (Phi) is 5.57. The molecule has 2 aromatic carbocycles. The largest absolute Gasteiger partial charge is 0.573 e. The summed E-state index contributed by atoms with van der Waals surface area (Å²) in [6.07, 6.45) is -3.49. The first-order valence-corrected chi connectivity index (χ1v) is 10.6. The summed E-state index contributed by atoms with van der Waals surface area (Å²) in [6.45, 7) is 4.57. The van der Waals surface area contributed by atoms with Gasteiger partial charge in [0.2, 0.25) is 5.95 Å². The molecular formula is C21H19F3N4O2S. The molecule has 4 aromatic rings. The molecule has 0 atom stereocenters. The molecule has 31 heavy (non-hydrogen) atoms. The fraction of sp³-hybridized carbons (Fsp3) is 0.286. The number of anilines is 2. The number of ketones is 1. The summed E-state index contributed by atoms with van der Waals surface area (Å²) in [5.41, 5.74) is 2.74. The number of benzene rings is 2. The maximum Gasteiger partial charge on any atom is 0.573 e. The van der Waals surface area contributed by atoms with Gasteiger partial charge in [0.1, 0.15) is 5.75 Å². The first kappa shape index (κ1) is 21.1. The number of hydrogen-bond donors (Lipinski definition) is 1. The summed E-state index contributed by atoms with van der Waals surface area (Å²) in [5, 5.41) is 3.65. The number of rotatable bonds is 7. The molecule has 0 amide bonds. The van der Waals surface area contributed by atoms with Crippen molar-refractivity contribution in [3.8, 4) is 5.75 Å². The first-order valence-electron chi connectivity index (χ1n) is 9.74. The van der Waals surface area contributed by atoms with Crippen LogP contribution in [0.25, 0.3) is 21.3 Å². The van der Waals surface area contributed by atoms with Crippen molar-refractivity contribution in [1.29, 1.82) is 0 Å². The Hall–Kier alpha value is -3.14. The average molecular weight is 448 g/mol. The van der Waals surface area contributed by atoms with E-state index in [0.29, 0.717) is 45.3 Å². The number of alkyl halides is 3. The quantitative estimate of drug-likeness (QED) is 0.337. The van der Waals surface area contributed by atoms with E-state index in [4.69, 9.17) is 0 Å². The number of nitrogens with one attached hydrogen (secondary N) is 1. The lowest BCUT2D eigenvalue weighted by Gasteiger charge is -2.07. The van der Waals surface area contributed by atoms with Crippen molar-refractivity contribution in [2.24, 2.45) is 0 Å². The molecule has 0 bridgehead atoms. The van der Waals surface area contributed by atoms with E-state index in [1.807, 2.05) is 24.5 Å². The molecule has 0 aliphatic rings. The summed E-state index contributed by atoms with van der Waals surface area (Å²) in [6, 6.07) is 9.47. The van der Waals surface area contributed by atoms with Crippen LogP contribution in [0, 0.1) is 0 Å². The van der Waals surface area contributed by atoms with Gasteiger partial charge >= 0.3 is 6.36 Å². The van der Waals surface area contributed by atoms with E-state index >= 15 is 0 Å². The van der Waals surface area contributed by atoms with Gasteiger partial charge in [0.05, 0.1) is 21.3 Å². The number of Topliss-reactive ketones (excluding diaryl/α,β-unsaturated/α-hetero) is 1. The molecule has 0 unspecified atom stereocenters. The molecule has 10 heteroatoms. The third kappa shape index (κ3) is 4.48. The van der Waals surface area contributed by atoms with Crippen LogP contribution in [0.2, 0.25) is 0 Å². The fourth-order valence-corrected chi connectivity index (χ4v) is 4.23. The lowest BCUT2D eigenvalue weighted by molar-refractivity contribution is -0.274. The van der Waals surface area contributed by atoms with E-state index in [9.17, 15) is 18.0 Å². The predicted octanol–water partition coefficient (Wildman–Crippen LogP) is 6.29. The number of halogens is 3. The van der Waals surface area contributed by atoms with Gasteiger partial charge < -0.3 is 14.6 Å². The summed E-state index contributed by atoms with van der Waals surface area (Å²) >= 11 is 1.20. The Balaban J connectivity index is 1.65. The number of carbonyl (C=O) groups is 1. The lowest BCUT2D eigenvalue weighted by Crippen LogP contribution is -2.16. The molecule has 2 heterocycles. The highest BCUT2D eigenvalue weighted by Gasteiger charge is 2.31. The highest BCUT2D eigenvalue weighted by atomic mass is 32.1. The number of aryl methyl sites for hydroxylation is 1. The van der Waals surface area contributed by atoms with Crippen molar-refractivity contribution in [3.63, 3.8) is 0 Å². The van der Waals surface area contributed by atoms with Crippen LogP contribution >= 0.6 is 11.3 Å². The van der Waals surface area contributed by atoms with Crippen molar-refractivity contribution in [1.82, 2.24) is 14.5 Å². The van der Waals surface area contributed by atoms with E-state index in [1.165, 1.54) is 29.5 Å². The maximum absolute atomic E-state index is 12.5. The normalized spacial score (nSPS) is 11.9. The summed E-state index contributed by atoms with van der Waals surface area (Å²) in [4.78, 5) is 21.3. The second-order valence-electron chi connectivity index (χ2n) is 6.88. The van der Waals surface area contributed by atoms with Crippen molar-refractivity contribution in [2.45, 2.75) is 39.6 Å². The Morgan fingerprint density at radius 1 is 1.13 bits per heavy atom. The van der Waals surface area contributed by atoms with Gasteiger partial charge in [0.15, 0.2) is 10.9 Å². The van der Waals surface area contributed by atoms with Gasteiger partial charge in [-0.05, 0) is 43.7 Å². The minimum Gasteiger partial charge on any atom is -0.406 e. The van der Waals surface area contributed by atoms with Gasteiger partial charge in [-0.25, -0.2) is 9.97 Å². The van der Waals surface area contributed by atoms with Crippen molar-refractivity contribution >= 4 is 49.4 Å². The SMILES string of the molecule is CCCC(=O)c1ccc2c(c1)nc(Nc1nc3ccc(OC(F)(F)F)cc3s1)n2CC. The second kappa shape index (κ2) is 8.18. The molecular weight excluding hydrogens is 429 g/mol. The Morgan fingerprint density at radius 2 is 1.94 bits per heavy atom. The molecule has 0 aliphatic heterocycles. The molecule has 2 aromatic heterocycles. The topological polar surface area (TPSA) is 69.0 Å². The molecule has 0 spiro atoms. The zero-order valence-corrected chi connectivity index (χ0v) is 17.6. The van der Waals surface area contributed by atoms with Gasteiger partial charge in [0.25, 0.3) is 0 Å². The molecule has 0 fully saturated rings. The molecule has 0 radical (unpaired) electrons. The number of carbonyl (C=O) groups excluding carboxylic acids is 1. The summed E-state index contributed by atoms with van der Waals surface area (Å²) < 4.78 is 43.9. The van der Waals surface area contributed by atoms with Gasteiger partial charge in [-0.3, -0.25) is 4.79 Å². The van der Waals surface area contributed by atoms with Crippen LogP contribution < -0.4 is 10.1 Å². The molecule has 0 saturated carbocycles. The van der Waals surface area contributed by atoms with E-state index < -0.39 is 6.36 Å². The van der Waals surface area contributed by atoms with E-state index in [0.717, 1.165) is 11.9 Å². The molecule has 162 valence electrons. The Labute approximate surface area is 179 Å². The minimum absolute atomic E-state index is 0.0769.